The van der Waals surface area contributed by atoms with Gasteiger partial charge in [0.25, 0.3) is 0 Å². The van der Waals surface area contributed by atoms with E-state index in [4.69, 9.17) is 5.73 Å². The number of benzene rings is 1. The van der Waals surface area contributed by atoms with Crippen LogP contribution in [0.15, 0.2) is 42.9 Å². The Kier molecular flexibility index (Phi) is 3.85. The van der Waals surface area contributed by atoms with E-state index in [1.165, 1.54) is 12.1 Å². The number of nitrogens with zero attached hydrogens (tertiary/aromatic N) is 3. The monoisotopic (exact) mass is 300 g/mol. The lowest BCUT2D eigenvalue weighted by Gasteiger charge is -2.35. The fraction of sp³-hybridized carbons (Fsp3) is 0.312. The fourth-order valence-electron chi connectivity index (χ4n) is 3.11. The van der Waals surface area contributed by atoms with E-state index in [1.54, 1.807) is 30.7 Å². The number of carbonyl (C=O) groups is 1. The molecular weight excluding hydrogens is 283 g/mol. The summed E-state index contributed by atoms with van der Waals surface area (Å²) in [7, 11) is 0. The van der Waals surface area contributed by atoms with E-state index in [2.05, 4.69) is 9.97 Å². The molecule has 1 aromatic carbocycles. The molecule has 0 radical (unpaired) electrons. The summed E-state index contributed by atoms with van der Waals surface area (Å²) < 4.78 is 13.0. The van der Waals surface area contributed by atoms with Crippen molar-refractivity contribution in [2.45, 2.75) is 24.9 Å². The molecule has 0 spiro atoms. The minimum Gasteiger partial charge on any atom is -0.368 e. The van der Waals surface area contributed by atoms with Gasteiger partial charge in [0.2, 0.25) is 5.91 Å². The van der Waals surface area contributed by atoms with Gasteiger partial charge in [0, 0.05) is 18.9 Å². The third kappa shape index (κ3) is 2.46. The average Bonchev–Trinajstić information content (AvgIpc) is 2.95. The maximum atomic E-state index is 13.0. The highest BCUT2D eigenvalue weighted by Crippen LogP contribution is 2.38. The molecule has 1 atom stereocenters. The summed E-state index contributed by atoms with van der Waals surface area (Å²) in [4.78, 5) is 22.6. The van der Waals surface area contributed by atoms with E-state index in [1.807, 2.05) is 4.90 Å². The van der Waals surface area contributed by atoms with E-state index in [9.17, 15) is 9.18 Å². The lowest BCUT2D eigenvalue weighted by Crippen LogP contribution is -2.51. The lowest BCUT2D eigenvalue weighted by atomic mass is 9.91. The van der Waals surface area contributed by atoms with Gasteiger partial charge in [-0.25, -0.2) is 4.39 Å². The molecule has 0 unspecified atom stereocenters. The second kappa shape index (κ2) is 5.81. The molecule has 5 nitrogen and oxygen atoms in total. The van der Waals surface area contributed by atoms with E-state index >= 15 is 0 Å². The number of aromatic nitrogens is 2. The molecule has 2 N–H and O–H groups in total. The van der Waals surface area contributed by atoms with Crippen molar-refractivity contribution in [1.82, 2.24) is 14.9 Å². The number of likely N-dealkylation sites (tertiary alicyclic amines) is 1. The highest BCUT2D eigenvalue weighted by Gasteiger charge is 2.48. The zero-order valence-corrected chi connectivity index (χ0v) is 12.1. The van der Waals surface area contributed by atoms with Crippen LogP contribution in [0.5, 0.6) is 0 Å². The normalized spacial score (nSPS) is 21.9. The number of amides is 1. The van der Waals surface area contributed by atoms with E-state index in [-0.39, 0.29) is 5.82 Å². The Morgan fingerprint density at radius 2 is 2.09 bits per heavy atom. The molecule has 0 saturated carbocycles. The van der Waals surface area contributed by atoms with E-state index < -0.39 is 11.4 Å². The van der Waals surface area contributed by atoms with Crippen LogP contribution in [0, 0.1) is 5.82 Å². The van der Waals surface area contributed by atoms with Crippen molar-refractivity contribution < 1.29 is 9.18 Å². The second-order valence-electron chi connectivity index (χ2n) is 5.47. The summed E-state index contributed by atoms with van der Waals surface area (Å²) in [6, 6.07) is 6.27. The Bertz CT molecular complexity index is 662. The van der Waals surface area contributed by atoms with Gasteiger partial charge in [0.15, 0.2) is 0 Å². The molecule has 1 saturated heterocycles. The minimum atomic E-state index is -0.942. The molecule has 0 aliphatic carbocycles. The van der Waals surface area contributed by atoms with Crippen molar-refractivity contribution in [1.29, 1.82) is 0 Å². The molecule has 114 valence electrons. The van der Waals surface area contributed by atoms with Gasteiger partial charge in [-0.2, -0.15) is 0 Å². The molecular formula is C16H17FN4O. The standard InChI is InChI=1S/C16H17FN4O/c17-13-4-2-12(3-5-13)11-21-9-1-6-16(21,15(18)22)14-10-19-7-8-20-14/h2-5,7-8,10H,1,6,9,11H2,(H2,18,22)/t16-/m0/s1. The minimum absolute atomic E-state index is 0.278. The fourth-order valence-corrected chi connectivity index (χ4v) is 3.11. The Balaban J connectivity index is 1.95. The predicted octanol–water partition coefficient (Wildman–Crippen LogP) is 1.59. The van der Waals surface area contributed by atoms with Crippen molar-refractivity contribution in [3.05, 3.63) is 59.9 Å². The van der Waals surface area contributed by atoms with Crippen molar-refractivity contribution in [3.8, 4) is 0 Å². The smallest absolute Gasteiger partial charge is 0.244 e. The molecule has 1 aromatic heterocycles. The van der Waals surface area contributed by atoms with Gasteiger partial charge in [-0.15, -0.1) is 0 Å². The molecule has 1 aliphatic heterocycles. The topological polar surface area (TPSA) is 72.1 Å². The van der Waals surface area contributed by atoms with Crippen molar-refractivity contribution in [3.63, 3.8) is 0 Å². The molecule has 2 aromatic rings. The molecule has 1 aliphatic rings. The Labute approximate surface area is 128 Å². The van der Waals surface area contributed by atoms with Crippen LogP contribution in [0.2, 0.25) is 0 Å². The SMILES string of the molecule is NC(=O)[C@@]1(c2cnccn2)CCCN1Cc1ccc(F)cc1. The summed E-state index contributed by atoms with van der Waals surface area (Å²) >= 11 is 0. The molecule has 1 amide bonds. The Hall–Kier alpha value is -2.34. The first kappa shape index (κ1) is 14.6. The third-order valence-electron chi connectivity index (χ3n) is 4.19. The molecule has 22 heavy (non-hydrogen) atoms. The van der Waals surface area contributed by atoms with E-state index in [0.717, 1.165) is 18.5 Å². The summed E-state index contributed by atoms with van der Waals surface area (Å²) in [5.41, 5.74) is 6.28. The average molecular weight is 300 g/mol. The predicted molar refractivity (Wildman–Crippen MR) is 78.9 cm³/mol. The zero-order valence-electron chi connectivity index (χ0n) is 12.1. The lowest BCUT2D eigenvalue weighted by molar-refractivity contribution is -0.129. The first-order valence-corrected chi connectivity index (χ1v) is 7.19. The van der Waals surface area contributed by atoms with Gasteiger partial charge in [-0.3, -0.25) is 19.7 Å². The quantitative estimate of drug-likeness (QED) is 0.930. The van der Waals surface area contributed by atoms with Crippen LogP contribution in [0.1, 0.15) is 24.1 Å². The van der Waals surface area contributed by atoms with Crippen LogP contribution in [-0.4, -0.2) is 27.3 Å². The maximum absolute atomic E-state index is 13.0. The van der Waals surface area contributed by atoms with Crippen LogP contribution >= 0.6 is 0 Å². The van der Waals surface area contributed by atoms with Crippen molar-refractivity contribution in [2.75, 3.05) is 6.54 Å². The Morgan fingerprint density at radius 3 is 2.73 bits per heavy atom. The first-order chi connectivity index (χ1) is 10.6. The van der Waals surface area contributed by atoms with Crippen molar-refractivity contribution >= 4 is 5.91 Å². The van der Waals surface area contributed by atoms with Gasteiger partial charge < -0.3 is 5.73 Å². The van der Waals surface area contributed by atoms with Crippen LogP contribution in [0.25, 0.3) is 0 Å². The number of rotatable bonds is 4. The second-order valence-corrected chi connectivity index (χ2v) is 5.47. The first-order valence-electron chi connectivity index (χ1n) is 7.19. The molecule has 1 fully saturated rings. The number of primary amides is 1. The highest BCUT2D eigenvalue weighted by molar-refractivity contribution is 5.86. The van der Waals surface area contributed by atoms with Crippen LogP contribution in [0.3, 0.4) is 0 Å². The van der Waals surface area contributed by atoms with Gasteiger partial charge >= 0.3 is 0 Å². The molecule has 3 rings (SSSR count). The number of hydrogen-bond acceptors (Lipinski definition) is 4. The van der Waals surface area contributed by atoms with Gasteiger partial charge in [0.1, 0.15) is 11.4 Å². The summed E-state index contributed by atoms with van der Waals surface area (Å²) in [5, 5.41) is 0. The summed E-state index contributed by atoms with van der Waals surface area (Å²) in [6.45, 7) is 1.25. The van der Waals surface area contributed by atoms with Crippen LogP contribution in [-0.2, 0) is 16.9 Å². The third-order valence-corrected chi connectivity index (χ3v) is 4.19. The largest absolute Gasteiger partial charge is 0.368 e. The number of halogens is 1. The highest BCUT2D eigenvalue weighted by atomic mass is 19.1. The molecule has 0 bridgehead atoms. The van der Waals surface area contributed by atoms with Crippen LogP contribution < -0.4 is 5.73 Å². The summed E-state index contributed by atoms with van der Waals surface area (Å²) in [5.74, 6) is -0.701. The Morgan fingerprint density at radius 1 is 1.32 bits per heavy atom. The van der Waals surface area contributed by atoms with Gasteiger partial charge in [-0.1, -0.05) is 12.1 Å². The number of hydrogen-bond donors (Lipinski definition) is 1. The van der Waals surface area contributed by atoms with Gasteiger partial charge in [0.05, 0.1) is 11.9 Å². The van der Waals surface area contributed by atoms with Crippen molar-refractivity contribution in [2.24, 2.45) is 5.73 Å². The molecule has 2 heterocycles. The van der Waals surface area contributed by atoms with Gasteiger partial charge in [-0.05, 0) is 37.1 Å². The van der Waals surface area contributed by atoms with E-state index in [0.29, 0.717) is 18.7 Å². The molecule has 6 heteroatoms. The summed E-state index contributed by atoms with van der Waals surface area (Å²) in [6.07, 6.45) is 6.18. The number of nitrogens with two attached hydrogens (primary N) is 1. The zero-order chi connectivity index (χ0) is 15.6. The number of carbonyl (C=O) groups excluding carboxylic acids is 1. The maximum Gasteiger partial charge on any atom is 0.244 e. The van der Waals surface area contributed by atoms with Crippen LogP contribution in [0.4, 0.5) is 4.39 Å².